The number of aliphatic hydroxyl groups excluding tert-OH is 1. The first kappa shape index (κ1) is 16.0. The molecule has 0 aliphatic rings. The van der Waals surface area contributed by atoms with E-state index in [0.29, 0.717) is 6.54 Å². The number of hydrogen-bond acceptors (Lipinski definition) is 3. The molecule has 0 aliphatic heterocycles. The van der Waals surface area contributed by atoms with Crippen molar-refractivity contribution < 1.29 is 5.11 Å². The lowest BCUT2D eigenvalue weighted by Crippen LogP contribution is -2.20. The molecule has 0 spiro atoms. The first-order valence-electron chi connectivity index (χ1n) is 4.16. The van der Waals surface area contributed by atoms with Crippen molar-refractivity contribution in [3.63, 3.8) is 0 Å². The Morgan fingerprint density at radius 1 is 1.27 bits per heavy atom. The van der Waals surface area contributed by atoms with Gasteiger partial charge in [-0.3, -0.25) is 5.41 Å². The van der Waals surface area contributed by atoms with Crippen LogP contribution in [0.4, 0.5) is 5.69 Å². The fourth-order valence-electron chi connectivity index (χ4n) is 0.756. The summed E-state index contributed by atoms with van der Waals surface area (Å²) in [6.07, 6.45) is 0. The van der Waals surface area contributed by atoms with Crippen LogP contribution in [0.1, 0.15) is 0 Å². The molecule has 0 bridgehead atoms. The van der Waals surface area contributed by atoms with Crippen LogP contribution in [0.3, 0.4) is 0 Å². The second-order valence-corrected chi connectivity index (χ2v) is 2.47. The van der Waals surface area contributed by atoms with E-state index in [4.69, 9.17) is 10.5 Å². The molecule has 1 aromatic rings. The average molecular weight is 233 g/mol. The number of aliphatic hydroxyl groups is 1. The predicted octanol–water partition coefficient (Wildman–Crippen LogP) is 0.351. The van der Waals surface area contributed by atoms with Gasteiger partial charge in [0.25, 0.3) is 0 Å². The number of nitrogens with two attached hydrogens (primary N) is 2. The molecule has 0 saturated heterocycles. The van der Waals surface area contributed by atoms with Gasteiger partial charge in [0.2, 0.25) is 0 Å². The van der Waals surface area contributed by atoms with Crippen LogP contribution in [-0.2, 0) is 0 Å². The molecule has 0 amide bonds. The normalized spacial score (nSPS) is 7.80. The van der Waals surface area contributed by atoms with Gasteiger partial charge in [-0.15, -0.1) is 12.4 Å². The van der Waals surface area contributed by atoms with E-state index in [0.717, 1.165) is 5.69 Å². The molecule has 0 aliphatic carbocycles. The molecule has 0 atom stereocenters. The monoisotopic (exact) mass is 232 g/mol. The molecule has 0 saturated carbocycles. The fraction of sp³-hybridized carbons (Fsp3) is 0.222. The summed E-state index contributed by atoms with van der Waals surface area (Å²) in [5, 5.41) is 17.6. The minimum Gasteiger partial charge on any atom is -0.395 e. The van der Waals surface area contributed by atoms with Crippen LogP contribution < -0.4 is 16.8 Å². The Balaban J connectivity index is 0. The van der Waals surface area contributed by atoms with Gasteiger partial charge in [0.15, 0.2) is 5.96 Å². The number of hydrogen-bond donors (Lipinski definition) is 5. The van der Waals surface area contributed by atoms with E-state index in [9.17, 15) is 0 Å². The lowest BCUT2D eigenvalue weighted by Gasteiger charge is -2.01. The molecule has 0 heterocycles. The number of nitrogens with one attached hydrogen (secondary N) is 2. The molecule has 5 nitrogen and oxygen atoms in total. The van der Waals surface area contributed by atoms with Crippen LogP contribution in [0.2, 0.25) is 0 Å². The zero-order chi connectivity index (χ0) is 10.8. The minimum atomic E-state index is -0.333. The molecule has 0 aromatic heterocycles. The number of benzene rings is 1. The maximum Gasteiger partial charge on any atom is 0.183 e. The van der Waals surface area contributed by atoms with Crippen molar-refractivity contribution in [2.75, 3.05) is 18.5 Å². The lowest BCUT2D eigenvalue weighted by atomic mass is 10.3. The molecule has 0 unspecified atom stereocenters. The van der Waals surface area contributed by atoms with Gasteiger partial charge in [0.05, 0.1) is 6.61 Å². The number of para-hydroxylation sites is 1. The summed E-state index contributed by atoms with van der Waals surface area (Å²) in [5.74, 6) is -0.333. The summed E-state index contributed by atoms with van der Waals surface area (Å²) >= 11 is 0. The highest BCUT2D eigenvalue weighted by Crippen LogP contribution is 2.02. The number of rotatable bonds is 3. The Morgan fingerprint density at radius 2 is 1.73 bits per heavy atom. The van der Waals surface area contributed by atoms with Gasteiger partial charge in [0.1, 0.15) is 0 Å². The average Bonchev–Trinajstić information content (AvgIpc) is 2.15. The van der Waals surface area contributed by atoms with E-state index in [1.54, 1.807) is 0 Å². The minimum absolute atomic E-state index is 0. The quantitative estimate of drug-likeness (QED) is 0.383. The van der Waals surface area contributed by atoms with Gasteiger partial charge in [-0.2, -0.15) is 0 Å². The van der Waals surface area contributed by atoms with Gasteiger partial charge >= 0.3 is 0 Å². The van der Waals surface area contributed by atoms with Crippen molar-refractivity contribution in [1.82, 2.24) is 0 Å². The Kier molecular flexibility index (Phi) is 11.3. The van der Waals surface area contributed by atoms with Gasteiger partial charge in [0, 0.05) is 12.2 Å². The molecule has 15 heavy (non-hydrogen) atoms. The zero-order valence-corrected chi connectivity index (χ0v) is 9.13. The molecular weight excluding hydrogens is 216 g/mol. The van der Waals surface area contributed by atoms with Crippen molar-refractivity contribution >= 4 is 24.1 Å². The molecule has 0 radical (unpaired) electrons. The van der Waals surface area contributed by atoms with E-state index in [1.807, 2.05) is 30.3 Å². The molecule has 86 valence electrons. The van der Waals surface area contributed by atoms with Gasteiger partial charge < -0.3 is 21.9 Å². The van der Waals surface area contributed by atoms with Gasteiger partial charge in [-0.25, -0.2) is 0 Å². The van der Waals surface area contributed by atoms with Crippen LogP contribution in [-0.4, -0.2) is 24.2 Å². The van der Waals surface area contributed by atoms with Crippen LogP contribution in [0, 0.1) is 5.41 Å². The van der Waals surface area contributed by atoms with Crippen LogP contribution in [0.25, 0.3) is 0 Å². The summed E-state index contributed by atoms with van der Waals surface area (Å²) < 4.78 is 0. The van der Waals surface area contributed by atoms with Crippen LogP contribution >= 0.6 is 12.4 Å². The number of anilines is 1. The summed E-state index contributed by atoms with van der Waals surface area (Å²) in [5.41, 5.74) is 10.00. The lowest BCUT2D eigenvalue weighted by molar-refractivity contribution is 0.311. The molecular formula is C9H17ClN4O. The molecule has 1 aromatic carbocycles. The second-order valence-electron chi connectivity index (χ2n) is 2.47. The van der Waals surface area contributed by atoms with Crippen molar-refractivity contribution in [1.29, 1.82) is 5.41 Å². The summed E-state index contributed by atoms with van der Waals surface area (Å²) in [6.45, 7) is 0.791. The first-order chi connectivity index (χ1) is 6.66. The smallest absolute Gasteiger partial charge is 0.183 e. The van der Waals surface area contributed by atoms with E-state index in [1.165, 1.54) is 0 Å². The van der Waals surface area contributed by atoms with Crippen LogP contribution in [0.5, 0.6) is 0 Å². The third-order valence-electron chi connectivity index (χ3n) is 1.21. The third-order valence-corrected chi connectivity index (χ3v) is 1.21. The topological polar surface area (TPSA) is 108 Å². The van der Waals surface area contributed by atoms with Crippen molar-refractivity contribution in [2.45, 2.75) is 0 Å². The fourth-order valence-corrected chi connectivity index (χ4v) is 0.756. The Morgan fingerprint density at radius 3 is 2.13 bits per heavy atom. The molecule has 7 N–H and O–H groups in total. The first-order valence-corrected chi connectivity index (χ1v) is 4.16. The maximum atomic E-state index is 8.47. The van der Waals surface area contributed by atoms with E-state index >= 15 is 0 Å². The predicted molar refractivity (Wildman–Crippen MR) is 65.4 cm³/mol. The Hall–Kier alpha value is -1.46. The standard InChI is InChI=1S/C8H11NO.CH5N3.ClH/c10-7-6-9-8-4-2-1-3-5-8;2-1(3)4;/h1-5,9-10H,6-7H2;(H5,2,3,4);1H. The maximum absolute atomic E-state index is 8.47. The highest BCUT2D eigenvalue weighted by atomic mass is 35.5. The van der Waals surface area contributed by atoms with Crippen molar-refractivity contribution in [3.05, 3.63) is 30.3 Å². The molecule has 6 heteroatoms. The third kappa shape index (κ3) is 12.5. The van der Waals surface area contributed by atoms with Gasteiger partial charge in [-0.1, -0.05) is 18.2 Å². The Labute approximate surface area is 95.4 Å². The van der Waals surface area contributed by atoms with E-state index < -0.39 is 0 Å². The second kappa shape index (κ2) is 10.6. The highest BCUT2D eigenvalue weighted by Gasteiger charge is 1.84. The SMILES string of the molecule is Cl.N=C(N)N.OCCNc1ccccc1. The van der Waals surface area contributed by atoms with Gasteiger partial charge in [-0.05, 0) is 12.1 Å². The summed E-state index contributed by atoms with van der Waals surface area (Å²) in [6, 6.07) is 9.81. The molecule has 0 fully saturated rings. The summed E-state index contributed by atoms with van der Waals surface area (Å²) in [7, 11) is 0. The van der Waals surface area contributed by atoms with Crippen LogP contribution in [0.15, 0.2) is 30.3 Å². The largest absolute Gasteiger partial charge is 0.395 e. The number of halogens is 1. The number of guanidine groups is 1. The Bertz CT molecular complexity index is 252. The molecule has 1 rings (SSSR count). The van der Waals surface area contributed by atoms with E-state index in [-0.39, 0.29) is 25.0 Å². The summed E-state index contributed by atoms with van der Waals surface area (Å²) in [4.78, 5) is 0. The zero-order valence-electron chi connectivity index (χ0n) is 8.31. The highest BCUT2D eigenvalue weighted by molar-refractivity contribution is 5.85. The van der Waals surface area contributed by atoms with E-state index in [2.05, 4.69) is 16.8 Å². The van der Waals surface area contributed by atoms with Crippen molar-refractivity contribution in [3.8, 4) is 0 Å². The van der Waals surface area contributed by atoms with Crippen molar-refractivity contribution in [2.24, 2.45) is 11.5 Å².